The minimum absolute atomic E-state index is 0.0370. The molecule has 1 aliphatic rings. The summed E-state index contributed by atoms with van der Waals surface area (Å²) in [5.41, 5.74) is 3.13. The summed E-state index contributed by atoms with van der Waals surface area (Å²) in [5.74, 6) is 4.29. The number of hydrogen-bond acceptors (Lipinski definition) is 4. The van der Waals surface area contributed by atoms with Gasteiger partial charge in [-0.3, -0.25) is 0 Å². The quantitative estimate of drug-likeness (QED) is 0.615. The maximum Gasteiger partial charge on any atom is 0.127 e. The van der Waals surface area contributed by atoms with Crippen LogP contribution >= 0.6 is 0 Å². The van der Waals surface area contributed by atoms with Crippen LogP contribution in [0.1, 0.15) is 54.9 Å². The SMILES string of the molecule is CCOC1=CC(c2ccc(OCC)cc2)C=C(OCC)c2c(C)oc(C)c21. The van der Waals surface area contributed by atoms with Crippen molar-refractivity contribution in [3.8, 4) is 5.75 Å². The molecular formula is C23H28O4. The van der Waals surface area contributed by atoms with E-state index in [0.29, 0.717) is 19.8 Å². The van der Waals surface area contributed by atoms with Gasteiger partial charge in [0, 0.05) is 5.92 Å². The lowest BCUT2D eigenvalue weighted by Gasteiger charge is -2.13. The first-order valence-corrected chi connectivity index (χ1v) is 9.61. The molecule has 0 unspecified atom stereocenters. The molecule has 1 heterocycles. The normalized spacial score (nSPS) is 14.1. The zero-order valence-electron chi connectivity index (χ0n) is 16.8. The van der Waals surface area contributed by atoms with E-state index in [1.165, 1.54) is 0 Å². The number of benzene rings is 1. The Balaban J connectivity index is 2.11. The standard InChI is InChI=1S/C23H28O4/c1-6-24-19-11-9-17(10-12-19)18-13-20(25-7-2)22-15(4)27-16(5)23(22)21(14-18)26-8-3/h9-14,18H,6-8H2,1-5H3. The summed E-state index contributed by atoms with van der Waals surface area (Å²) < 4.78 is 23.5. The minimum atomic E-state index is 0.0370. The van der Waals surface area contributed by atoms with Gasteiger partial charge in [-0.25, -0.2) is 0 Å². The summed E-state index contributed by atoms with van der Waals surface area (Å²) in [6.45, 7) is 11.8. The van der Waals surface area contributed by atoms with Gasteiger partial charge in [0.25, 0.3) is 0 Å². The zero-order valence-corrected chi connectivity index (χ0v) is 16.8. The highest BCUT2D eigenvalue weighted by Crippen LogP contribution is 2.41. The molecule has 0 bridgehead atoms. The highest BCUT2D eigenvalue weighted by atomic mass is 16.5. The van der Waals surface area contributed by atoms with Crippen LogP contribution in [0.3, 0.4) is 0 Å². The monoisotopic (exact) mass is 368 g/mol. The van der Waals surface area contributed by atoms with Crippen molar-refractivity contribution in [3.63, 3.8) is 0 Å². The molecule has 2 aromatic rings. The molecule has 0 amide bonds. The van der Waals surface area contributed by atoms with E-state index in [0.717, 1.165) is 45.5 Å². The number of hydrogen-bond donors (Lipinski definition) is 0. The highest BCUT2D eigenvalue weighted by Gasteiger charge is 2.28. The molecule has 1 aromatic heterocycles. The molecule has 1 aliphatic carbocycles. The van der Waals surface area contributed by atoms with Gasteiger partial charge in [0.2, 0.25) is 0 Å². The molecule has 0 atom stereocenters. The van der Waals surface area contributed by atoms with Crippen LogP contribution in [-0.4, -0.2) is 19.8 Å². The van der Waals surface area contributed by atoms with Crippen LogP contribution in [0.5, 0.6) is 5.75 Å². The fourth-order valence-electron chi connectivity index (χ4n) is 3.52. The smallest absolute Gasteiger partial charge is 0.127 e. The van der Waals surface area contributed by atoms with E-state index in [2.05, 4.69) is 24.3 Å². The Kier molecular flexibility index (Phi) is 5.94. The summed E-state index contributed by atoms with van der Waals surface area (Å²) >= 11 is 0. The molecule has 4 heteroatoms. The second-order valence-corrected chi connectivity index (χ2v) is 6.42. The Morgan fingerprint density at radius 1 is 0.741 bits per heavy atom. The predicted molar refractivity (Wildman–Crippen MR) is 108 cm³/mol. The van der Waals surface area contributed by atoms with Crippen LogP contribution in [-0.2, 0) is 9.47 Å². The Bertz CT molecular complexity index is 796. The molecule has 0 N–H and O–H groups in total. The van der Waals surface area contributed by atoms with Crippen molar-refractivity contribution >= 4 is 11.5 Å². The molecule has 0 fully saturated rings. The third-order valence-electron chi connectivity index (χ3n) is 4.59. The molecule has 0 radical (unpaired) electrons. The molecule has 0 saturated carbocycles. The van der Waals surface area contributed by atoms with Crippen LogP contribution in [0.2, 0.25) is 0 Å². The summed E-state index contributed by atoms with van der Waals surface area (Å²) in [6, 6.07) is 8.20. The van der Waals surface area contributed by atoms with E-state index < -0.39 is 0 Å². The van der Waals surface area contributed by atoms with Gasteiger partial charge >= 0.3 is 0 Å². The fourth-order valence-corrected chi connectivity index (χ4v) is 3.52. The second-order valence-electron chi connectivity index (χ2n) is 6.42. The topological polar surface area (TPSA) is 40.8 Å². The molecule has 0 aliphatic heterocycles. The predicted octanol–water partition coefficient (Wildman–Crippen LogP) is 5.85. The Hall–Kier alpha value is -2.62. The van der Waals surface area contributed by atoms with Crippen LogP contribution in [0.25, 0.3) is 11.5 Å². The molecular weight excluding hydrogens is 340 g/mol. The van der Waals surface area contributed by atoms with Crippen LogP contribution in [0, 0.1) is 13.8 Å². The average Bonchev–Trinajstić information content (AvgIpc) is 2.84. The molecule has 4 nitrogen and oxygen atoms in total. The van der Waals surface area contributed by atoms with Gasteiger partial charge in [-0.15, -0.1) is 0 Å². The van der Waals surface area contributed by atoms with Crippen molar-refractivity contribution in [1.29, 1.82) is 0 Å². The number of rotatable bonds is 7. The Morgan fingerprint density at radius 3 is 1.67 bits per heavy atom. The lowest BCUT2D eigenvalue weighted by molar-refractivity contribution is 0.293. The average molecular weight is 368 g/mol. The van der Waals surface area contributed by atoms with Crippen molar-refractivity contribution in [2.75, 3.05) is 19.8 Å². The van der Waals surface area contributed by atoms with Gasteiger partial charge in [0.1, 0.15) is 28.8 Å². The van der Waals surface area contributed by atoms with Crippen molar-refractivity contribution in [2.45, 2.75) is 40.5 Å². The van der Waals surface area contributed by atoms with E-state index in [1.807, 2.05) is 46.8 Å². The van der Waals surface area contributed by atoms with Gasteiger partial charge in [-0.2, -0.15) is 0 Å². The minimum Gasteiger partial charge on any atom is -0.494 e. The summed E-state index contributed by atoms with van der Waals surface area (Å²) in [7, 11) is 0. The first-order chi connectivity index (χ1) is 13.1. The maximum absolute atomic E-state index is 6.01. The van der Waals surface area contributed by atoms with Crippen LogP contribution in [0.15, 0.2) is 40.8 Å². The fraction of sp³-hybridized carbons (Fsp3) is 0.391. The zero-order chi connectivity index (χ0) is 19.4. The highest BCUT2D eigenvalue weighted by molar-refractivity contribution is 5.80. The lowest BCUT2D eigenvalue weighted by Crippen LogP contribution is -1.98. The van der Waals surface area contributed by atoms with Gasteiger partial charge in [-0.05, 0) is 64.5 Å². The number of furan rings is 1. The molecule has 144 valence electrons. The van der Waals surface area contributed by atoms with E-state index in [-0.39, 0.29) is 5.92 Å². The van der Waals surface area contributed by atoms with E-state index in [1.54, 1.807) is 0 Å². The van der Waals surface area contributed by atoms with Crippen molar-refractivity contribution < 1.29 is 18.6 Å². The van der Waals surface area contributed by atoms with Gasteiger partial charge in [0.05, 0.1) is 30.9 Å². The van der Waals surface area contributed by atoms with E-state index in [9.17, 15) is 0 Å². The summed E-state index contributed by atoms with van der Waals surface area (Å²) in [4.78, 5) is 0. The third kappa shape index (κ3) is 3.90. The second kappa shape index (κ2) is 8.38. The number of fused-ring (bicyclic) bond motifs is 1. The number of aryl methyl sites for hydroxylation is 2. The summed E-state index contributed by atoms with van der Waals surface area (Å²) in [5, 5.41) is 0. The van der Waals surface area contributed by atoms with Crippen LogP contribution < -0.4 is 4.74 Å². The first kappa shape index (κ1) is 19.2. The largest absolute Gasteiger partial charge is 0.494 e. The number of ether oxygens (including phenoxy) is 3. The first-order valence-electron chi connectivity index (χ1n) is 9.61. The molecule has 3 rings (SSSR count). The molecule has 0 saturated heterocycles. The molecule has 1 aromatic carbocycles. The Morgan fingerprint density at radius 2 is 1.22 bits per heavy atom. The van der Waals surface area contributed by atoms with Gasteiger partial charge in [0.15, 0.2) is 0 Å². The van der Waals surface area contributed by atoms with E-state index in [4.69, 9.17) is 18.6 Å². The van der Waals surface area contributed by atoms with Crippen molar-refractivity contribution in [1.82, 2.24) is 0 Å². The van der Waals surface area contributed by atoms with Gasteiger partial charge in [-0.1, -0.05) is 12.1 Å². The van der Waals surface area contributed by atoms with Crippen LogP contribution in [0.4, 0.5) is 0 Å². The third-order valence-corrected chi connectivity index (χ3v) is 4.59. The maximum atomic E-state index is 6.01. The van der Waals surface area contributed by atoms with Crippen molar-refractivity contribution in [2.24, 2.45) is 0 Å². The summed E-state index contributed by atoms with van der Waals surface area (Å²) in [6.07, 6.45) is 4.29. The number of allylic oxidation sites excluding steroid dienone is 2. The Labute approximate surface area is 161 Å². The van der Waals surface area contributed by atoms with Crippen molar-refractivity contribution in [3.05, 3.63) is 64.6 Å². The molecule has 0 spiro atoms. The van der Waals surface area contributed by atoms with E-state index >= 15 is 0 Å². The lowest BCUT2D eigenvalue weighted by atomic mass is 9.97. The van der Waals surface area contributed by atoms with Gasteiger partial charge < -0.3 is 18.6 Å². The molecule has 27 heavy (non-hydrogen) atoms.